The molecule has 1 heterocycles. The van der Waals surface area contributed by atoms with Crippen molar-refractivity contribution in [1.29, 1.82) is 0 Å². The van der Waals surface area contributed by atoms with Crippen LogP contribution in [0, 0.1) is 0 Å². The third-order valence-corrected chi connectivity index (χ3v) is 3.72. The lowest BCUT2D eigenvalue weighted by Gasteiger charge is -2.19. The second-order valence-electron chi connectivity index (χ2n) is 3.58. The lowest BCUT2D eigenvalue weighted by atomic mass is 10.1. The summed E-state index contributed by atoms with van der Waals surface area (Å²) in [6.45, 7) is 0. The number of rotatable bonds is 3. The Morgan fingerprint density at radius 1 is 1.18 bits per heavy atom. The van der Waals surface area contributed by atoms with E-state index < -0.39 is 0 Å². The molecule has 2 nitrogen and oxygen atoms in total. The Morgan fingerprint density at radius 2 is 1.94 bits per heavy atom. The fraction of sp³-hybridized carbons (Fsp3) is 0.154. The summed E-state index contributed by atoms with van der Waals surface area (Å²) in [5.74, 6) is 0. The Labute approximate surface area is 111 Å². The van der Waals surface area contributed by atoms with Crippen molar-refractivity contribution in [3.63, 3.8) is 0 Å². The van der Waals surface area contributed by atoms with E-state index in [0.29, 0.717) is 5.11 Å². The van der Waals surface area contributed by atoms with Crippen LogP contribution in [0.2, 0.25) is 0 Å². The standard InChI is InChI=1S/C13H14N2S2/c1-14-13(16)15-12(11-8-5-9-17-11)10-6-3-2-4-7-10/h2-9,12H,1H3,(H2,14,15,16)/t12-/m1/s1. The van der Waals surface area contributed by atoms with Gasteiger partial charge < -0.3 is 10.6 Å². The first-order valence-electron chi connectivity index (χ1n) is 5.38. The summed E-state index contributed by atoms with van der Waals surface area (Å²) in [5, 5.41) is 9.01. The number of nitrogens with one attached hydrogen (secondary N) is 2. The third kappa shape index (κ3) is 3.05. The highest BCUT2D eigenvalue weighted by Gasteiger charge is 2.15. The zero-order chi connectivity index (χ0) is 12.1. The second-order valence-corrected chi connectivity index (χ2v) is 4.97. The van der Waals surface area contributed by atoms with Crippen LogP contribution in [-0.4, -0.2) is 12.2 Å². The Hall–Kier alpha value is -1.39. The summed E-state index contributed by atoms with van der Waals surface area (Å²) < 4.78 is 0. The zero-order valence-corrected chi connectivity index (χ0v) is 11.1. The van der Waals surface area contributed by atoms with Gasteiger partial charge in [0.05, 0.1) is 6.04 Å². The molecule has 2 aromatic rings. The highest BCUT2D eigenvalue weighted by atomic mass is 32.1. The van der Waals surface area contributed by atoms with Gasteiger partial charge in [0.2, 0.25) is 0 Å². The van der Waals surface area contributed by atoms with Crippen molar-refractivity contribution in [3.8, 4) is 0 Å². The van der Waals surface area contributed by atoms with Crippen molar-refractivity contribution >= 4 is 28.7 Å². The van der Waals surface area contributed by atoms with E-state index in [9.17, 15) is 0 Å². The largest absolute Gasteiger partial charge is 0.366 e. The first kappa shape index (κ1) is 12.1. The zero-order valence-electron chi connectivity index (χ0n) is 9.51. The van der Waals surface area contributed by atoms with Crippen LogP contribution < -0.4 is 10.6 Å². The highest BCUT2D eigenvalue weighted by molar-refractivity contribution is 7.80. The van der Waals surface area contributed by atoms with Gasteiger partial charge in [0, 0.05) is 11.9 Å². The summed E-state index contributed by atoms with van der Waals surface area (Å²) in [6, 6.07) is 14.6. The average Bonchev–Trinajstić information content (AvgIpc) is 2.90. The molecule has 0 unspecified atom stereocenters. The van der Waals surface area contributed by atoms with E-state index in [0.717, 1.165) is 0 Å². The van der Waals surface area contributed by atoms with E-state index in [-0.39, 0.29) is 6.04 Å². The van der Waals surface area contributed by atoms with E-state index in [4.69, 9.17) is 12.2 Å². The average molecular weight is 262 g/mol. The maximum Gasteiger partial charge on any atom is 0.166 e. The molecule has 17 heavy (non-hydrogen) atoms. The Kier molecular flexibility index (Phi) is 4.12. The third-order valence-electron chi connectivity index (χ3n) is 2.46. The van der Waals surface area contributed by atoms with Gasteiger partial charge in [-0.1, -0.05) is 36.4 Å². The van der Waals surface area contributed by atoms with Gasteiger partial charge in [-0.2, -0.15) is 0 Å². The molecule has 2 rings (SSSR count). The first-order chi connectivity index (χ1) is 8.31. The molecule has 4 heteroatoms. The van der Waals surface area contributed by atoms with Crippen molar-refractivity contribution < 1.29 is 0 Å². The molecule has 0 saturated carbocycles. The summed E-state index contributed by atoms with van der Waals surface area (Å²) in [6.07, 6.45) is 0. The number of benzene rings is 1. The molecule has 0 aliphatic heterocycles. The minimum absolute atomic E-state index is 0.121. The molecule has 0 amide bonds. The Morgan fingerprint density at radius 3 is 2.53 bits per heavy atom. The van der Waals surface area contributed by atoms with Gasteiger partial charge in [-0.25, -0.2) is 0 Å². The van der Waals surface area contributed by atoms with Gasteiger partial charge in [0.25, 0.3) is 0 Å². The SMILES string of the molecule is CNC(=S)N[C@H](c1ccccc1)c1cccs1. The molecular formula is C13H14N2S2. The van der Waals surface area contributed by atoms with Crippen molar-refractivity contribution in [2.45, 2.75) is 6.04 Å². The maximum atomic E-state index is 5.19. The number of hydrogen-bond acceptors (Lipinski definition) is 2. The van der Waals surface area contributed by atoms with Crippen LogP contribution in [0.5, 0.6) is 0 Å². The van der Waals surface area contributed by atoms with Crippen molar-refractivity contribution in [2.24, 2.45) is 0 Å². The van der Waals surface area contributed by atoms with Gasteiger partial charge in [-0.05, 0) is 29.2 Å². The molecule has 1 aromatic heterocycles. The van der Waals surface area contributed by atoms with Gasteiger partial charge >= 0.3 is 0 Å². The fourth-order valence-corrected chi connectivity index (χ4v) is 2.54. The monoisotopic (exact) mass is 262 g/mol. The topological polar surface area (TPSA) is 24.1 Å². The molecular weight excluding hydrogens is 248 g/mol. The molecule has 0 radical (unpaired) electrons. The van der Waals surface area contributed by atoms with Crippen LogP contribution in [0.3, 0.4) is 0 Å². The van der Waals surface area contributed by atoms with E-state index in [1.165, 1.54) is 10.4 Å². The van der Waals surface area contributed by atoms with E-state index in [1.807, 2.05) is 25.2 Å². The molecule has 0 fully saturated rings. The molecule has 2 N–H and O–H groups in total. The van der Waals surface area contributed by atoms with Gasteiger partial charge in [-0.15, -0.1) is 11.3 Å². The van der Waals surface area contributed by atoms with Gasteiger partial charge in [0.15, 0.2) is 5.11 Å². The molecule has 0 saturated heterocycles. The number of thiocarbonyl (C=S) groups is 1. The lowest BCUT2D eigenvalue weighted by molar-refractivity contribution is 0.767. The Balaban J connectivity index is 2.28. The molecule has 0 bridgehead atoms. The van der Waals surface area contributed by atoms with Crippen molar-refractivity contribution in [2.75, 3.05) is 7.05 Å². The molecule has 1 aromatic carbocycles. The van der Waals surface area contributed by atoms with E-state index in [2.05, 4.69) is 40.3 Å². The molecule has 0 aliphatic rings. The van der Waals surface area contributed by atoms with E-state index >= 15 is 0 Å². The molecule has 0 spiro atoms. The van der Waals surface area contributed by atoms with E-state index in [1.54, 1.807) is 11.3 Å². The normalized spacial score (nSPS) is 11.8. The van der Waals surface area contributed by atoms with Crippen LogP contribution in [0.1, 0.15) is 16.5 Å². The van der Waals surface area contributed by atoms with Crippen molar-refractivity contribution in [3.05, 3.63) is 58.3 Å². The van der Waals surface area contributed by atoms with Gasteiger partial charge in [0.1, 0.15) is 0 Å². The van der Waals surface area contributed by atoms with Crippen LogP contribution in [0.4, 0.5) is 0 Å². The molecule has 1 atom stereocenters. The minimum atomic E-state index is 0.121. The van der Waals surface area contributed by atoms with Crippen LogP contribution >= 0.6 is 23.6 Å². The smallest absolute Gasteiger partial charge is 0.166 e. The number of thiophene rings is 1. The molecule has 88 valence electrons. The highest BCUT2D eigenvalue weighted by Crippen LogP contribution is 2.25. The summed E-state index contributed by atoms with van der Waals surface area (Å²) in [7, 11) is 1.83. The van der Waals surface area contributed by atoms with Gasteiger partial charge in [-0.3, -0.25) is 0 Å². The van der Waals surface area contributed by atoms with Crippen molar-refractivity contribution in [1.82, 2.24) is 10.6 Å². The quantitative estimate of drug-likeness (QED) is 0.832. The lowest BCUT2D eigenvalue weighted by Crippen LogP contribution is -2.35. The van der Waals surface area contributed by atoms with Crippen LogP contribution in [-0.2, 0) is 0 Å². The molecule has 0 aliphatic carbocycles. The maximum absolute atomic E-state index is 5.19. The summed E-state index contributed by atoms with van der Waals surface area (Å²) in [5.41, 5.74) is 1.22. The summed E-state index contributed by atoms with van der Waals surface area (Å²) in [4.78, 5) is 1.26. The minimum Gasteiger partial charge on any atom is -0.366 e. The fourth-order valence-electron chi connectivity index (χ4n) is 1.62. The van der Waals surface area contributed by atoms with Crippen LogP contribution in [0.15, 0.2) is 47.8 Å². The first-order valence-corrected chi connectivity index (χ1v) is 6.66. The predicted molar refractivity (Wildman–Crippen MR) is 77.4 cm³/mol. The summed E-state index contributed by atoms with van der Waals surface area (Å²) >= 11 is 6.92. The van der Waals surface area contributed by atoms with Crippen LogP contribution in [0.25, 0.3) is 0 Å². The Bertz CT molecular complexity index is 465. The number of hydrogen-bond donors (Lipinski definition) is 2. The second kappa shape index (κ2) is 5.80. The predicted octanol–water partition coefficient (Wildman–Crippen LogP) is 2.93.